The van der Waals surface area contributed by atoms with E-state index in [1.54, 1.807) is 0 Å². The van der Waals surface area contributed by atoms with Crippen LogP contribution >= 0.6 is 0 Å². The van der Waals surface area contributed by atoms with Crippen LogP contribution in [0.4, 0.5) is 0 Å². The van der Waals surface area contributed by atoms with Crippen LogP contribution in [0, 0.1) is 0 Å². The van der Waals surface area contributed by atoms with Crippen LogP contribution in [0.25, 0.3) is 43.4 Å². The summed E-state index contributed by atoms with van der Waals surface area (Å²) >= 11 is 0. The first kappa shape index (κ1) is 15.4. The second-order valence-electron chi connectivity index (χ2n) is 8.26. The van der Waals surface area contributed by atoms with Crippen LogP contribution in [0.15, 0.2) is 78.9 Å². The van der Waals surface area contributed by atoms with Gasteiger partial charge in [-0.3, -0.25) is 0 Å². The lowest BCUT2D eigenvalue weighted by Gasteiger charge is -2.23. The summed E-state index contributed by atoms with van der Waals surface area (Å²) in [5.74, 6) is 0. The van der Waals surface area contributed by atoms with Crippen molar-refractivity contribution in [3.8, 4) is 11.1 Å². The number of hydrogen-bond donors (Lipinski definition) is 0. The van der Waals surface area contributed by atoms with Crippen molar-refractivity contribution in [2.45, 2.75) is 26.2 Å². The van der Waals surface area contributed by atoms with Gasteiger partial charge in [0, 0.05) is 0 Å². The summed E-state index contributed by atoms with van der Waals surface area (Å²) < 4.78 is 0. The molecule has 0 amide bonds. The first-order chi connectivity index (χ1) is 12.5. The molecule has 0 heterocycles. The zero-order valence-corrected chi connectivity index (χ0v) is 15.5. The van der Waals surface area contributed by atoms with Gasteiger partial charge in [0.05, 0.1) is 0 Å². The van der Waals surface area contributed by atoms with Gasteiger partial charge in [-0.1, -0.05) is 99.6 Å². The molecule has 5 aromatic carbocycles. The van der Waals surface area contributed by atoms with Gasteiger partial charge in [0.2, 0.25) is 0 Å². The maximum absolute atomic E-state index is 2.31. The molecule has 26 heavy (non-hydrogen) atoms. The Bertz CT molecular complexity index is 1240. The number of rotatable bonds is 1. The van der Waals surface area contributed by atoms with Gasteiger partial charge in [0.1, 0.15) is 0 Å². The third kappa shape index (κ3) is 2.15. The summed E-state index contributed by atoms with van der Waals surface area (Å²) in [6.07, 6.45) is 0. The molecular formula is C26H22. The monoisotopic (exact) mass is 334 g/mol. The van der Waals surface area contributed by atoms with Crippen LogP contribution in [0.5, 0.6) is 0 Å². The van der Waals surface area contributed by atoms with Gasteiger partial charge in [0.15, 0.2) is 0 Å². The Labute approximate surface area is 154 Å². The highest BCUT2D eigenvalue weighted by molar-refractivity contribution is 6.26. The van der Waals surface area contributed by atoms with E-state index in [2.05, 4.69) is 99.6 Å². The van der Waals surface area contributed by atoms with E-state index in [-0.39, 0.29) is 5.41 Å². The van der Waals surface area contributed by atoms with Crippen LogP contribution < -0.4 is 0 Å². The average molecular weight is 334 g/mol. The SMILES string of the molecule is CC(C)(C)c1ccc2ccc3c(-c4ccccc4)ccc4ccc1c2c43. The summed E-state index contributed by atoms with van der Waals surface area (Å²) in [7, 11) is 0. The summed E-state index contributed by atoms with van der Waals surface area (Å²) in [4.78, 5) is 0. The summed E-state index contributed by atoms with van der Waals surface area (Å²) in [5.41, 5.74) is 4.14. The Hall–Kier alpha value is -2.86. The smallest absolute Gasteiger partial charge is 0.00205 e. The third-order valence-corrected chi connectivity index (χ3v) is 5.56. The highest BCUT2D eigenvalue weighted by Gasteiger charge is 2.19. The molecule has 0 aromatic heterocycles. The molecule has 0 bridgehead atoms. The fourth-order valence-electron chi connectivity index (χ4n) is 4.32. The van der Waals surface area contributed by atoms with E-state index in [4.69, 9.17) is 0 Å². The molecule has 0 saturated heterocycles. The van der Waals surface area contributed by atoms with Gasteiger partial charge in [0.25, 0.3) is 0 Å². The normalized spacial score (nSPS) is 12.4. The van der Waals surface area contributed by atoms with Gasteiger partial charge in [-0.05, 0) is 54.4 Å². The van der Waals surface area contributed by atoms with E-state index in [0.717, 1.165) is 0 Å². The fraction of sp³-hybridized carbons (Fsp3) is 0.154. The predicted molar refractivity (Wildman–Crippen MR) is 114 cm³/mol. The Morgan fingerprint density at radius 3 is 1.81 bits per heavy atom. The molecule has 0 fully saturated rings. The molecule has 0 nitrogen and oxygen atoms in total. The second kappa shape index (κ2) is 5.32. The summed E-state index contributed by atoms with van der Waals surface area (Å²) in [6, 6.07) is 29.0. The van der Waals surface area contributed by atoms with Gasteiger partial charge in [-0.2, -0.15) is 0 Å². The van der Waals surface area contributed by atoms with Gasteiger partial charge in [-0.25, -0.2) is 0 Å². The highest BCUT2D eigenvalue weighted by atomic mass is 14.2. The van der Waals surface area contributed by atoms with Crippen LogP contribution in [-0.4, -0.2) is 0 Å². The first-order valence-electron chi connectivity index (χ1n) is 9.30. The van der Waals surface area contributed by atoms with Crippen LogP contribution in [0.3, 0.4) is 0 Å². The lowest BCUT2D eigenvalue weighted by molar-refractivity contribution is 0.596. The van der Waals surface area contributed by atoms with Crippen LogP contribution in [-0.2, 0) is 5.41 Å². The van der Waals surface area contributed by atoms with Crippen molar-refractivity contribution in [1.29, 1.82) is 0 Å². The molecule has 0 radical (unpaired) electrons. The van der Waals surface area contributed by atoms with E-state index in [9.17, 15) is 0 Å². The number of benzene rings is 5. The van der Waals surface area contributed by atoms with Crippen molar-refractivity contribution in [3.05, 3.63) is 84.4 Å². The lowest BCUT2D eigenvalue weighted by Crippen LogP contribution is -2.11. The molecular weight excluding hydrogens is 312 g/mol. The molecule has 0 saturated carbocycles. The Balaban J connectivity index is 1.97. The molecule has 0 aliphatic rings. The molecule has 0 unspecified atom stereocenters. The molecule has 0 atom stereocenters. The van der Waals surface area contributed by atoms with Crippen molar-refractivity contribution < 1.29 is 0 Å². The average Bonchev–Trinajstić information content (AvgIpc) is 2.65. The van der Waals surface area contributed by atoms with Crippen LogP contribution in [0.2, 0.25) is 0 Å². The summed E-state index contributed by atoms with van der Waals surface area (Å²) in [5, 5.41) is 8.19. The lowest BCUT2D eigenvalue weighted by atomic mass is 9.81. The Morgan fingerprint density at radius 1 is 0.538 bits per heavy atom. The first-order valence-corrected chi connectivity index (χ1v) is 9.30. The van der Waals surface area contributed by atoms with E-state index in [1.807, 2.05) is 0 Å². The molecule has 0 spiro atoms. The molecule has 0 aliphatic carbocycles. The molecule has 0 N–H and O–H groups in total. The minimum atomic E-state index is 0.130. The molecule has 126 valence electrons. The van der Waals surface area contributed by atoms with Crippen molar-refractivity contribution in [2.24, 2.45) is 0 Å². The zero-order chi connectivity index (χ0) is 17.9. The summed E-state index contributed by atoms with van der Waals surface area (Å²) in [6.45, 7) is 6.90. The van der Waals surface area contributed by atoms with Gasteiger partial charge in [-0.15, -0.1) is 0 Å². The predicted octanol–water partition coefficient (Wildman–Crippen LogP) is 7.55. The van der Waals surface area contributed by atoms with E-state index in [1.165, 1.54) is 49.0 Å². The largest absolute Gasteiger partial charge is 0.0622 e. The minimum Gasteiger partial charge on any atom is -0.0622 e. The van der Waals surface area contributed by atoms with Crippen LogP contribution in [0.1, 0.15) is 26.3 Å². The maximum Gasteiger partial charge on any atom is -0.00205 e. The van der Waals surface area contributed by atoms with Crippen molar-refractivity contribution in [2.75, 3.05) is 0 Å². The molecule has 5 aromatic rings. The maximum atomic E-state index is 2.31. The second-order valence-corrected chi connectivity index (χ2v) is 8.26. The molecule has 5 rings (SSSR count). The van der Waals surface area contributed by atoms with Gasteiger partial charge >= 0.3 is 0 Å². The molecule has 0 aliphatic heterocycles. The third-order valence-electron chi connectivity index (χ3n) is 5.56. The Kier molecular flexibility index (Phi) is 3.15. The van der Waals surface area contributed by atoms with Crippen molar-refractivity contribution >= 4 is 32.3 Å². The van der Waals surface area contributed by atoms with E-state index < -0.39 is 0 Å². The fourth-order valence-corrected chi connectivity index (χ4v) is 4.32. The standard InChI is InChI=1S/C26H22/c1-26(2,3)23-16-12-19-10-14-21-20(17-7-5-4-6-8-17)13-9-18-11-15-22(23)25(19)24(18)21/h4-16H,1-3H3. The molecule has 0 heteroatoms. The minimum absolute atomic E-state index is 0.130. The topological polar surface area (TPSA) is 0 Å². The van der Waals surface area contributed by atoms with E-state index >= 15 is 0 Å². The van der Waals surface area contributed by atoms with Crippen molar-refractivity contribution in [3.63, 3.8) is 0 Å². The Morgan fingerprint density at radius 2 is 1.12 bits per heavy atom. The highest BCUT2D eigenvalue weighted by Crippen LogP contribution is 2.42. The quantitative estimate of drug-likeness (QED) is 0.278. The zero-order valence-electron chi connectivity index (χ0n) is 15.5. The van der Waals surface area contributed by atoms with E-state index in [0.29, 0.717) is 0 Å². The van der Waals surface area contributed by atoms with Gasteiger partial charge < -0.3 is 0 Å². The van der Waals surface area contributed by atoms with Crippen molar-refractivity contribution in [1.82, 2.24) is 0 Å². The number of hydrogen-bond acceptors (Lipinski definition) is 0.